The number of hydrogen-bond acceptors (Lipinski definition) is 2. The average molecular weight is 251 g/mol. The highest BCUT2D eigenvalue weighted by Crippen LogP contribution is 2.50. The maximum atomic E-state index is 10.2. The van der Waals surface area contributed by atoms with E-state index in [9.17, 15) is 5.11 Å². The van der Waals surface area contributed by atoms with E-state index in [-0.39, 0.29) is 0 Å². The minimum Gasteiger partial charge on any atom is -0.507 e. The van der Waals surface area contributed by atoms with E-state index in [0.717, 1.165) is 17.5 Å². The summed E-state index contributed by atoms with van der Waals surface area (Å²) in [6.07, 6.45) is 1.05. The maximum absolute atomic E-state index is 10.2. The van der Waals surface area contributed by atoms with Crippen molar-refractivity contribution in [1.29, 1.82) is 0 Å². The SMILES string of the molecule is Cc1cc2c(c(C)c1O)[C@H]1c3ccccc3N[C@H]1C2. The van der Waals surface area contributed by atoms with Gasteiger partial charge in [0.25, 0.3) is 0 Å². The van der Waals surface area contributed by atoms with Crippen LogP contribution in [-0.2, 0) is 6.42 Å². The van der Waals surface area contributed by atoms with Crippen LogP contribution in [0.15, 0.2) is 30.3 Å². The molecule has 2 aromatic carbocycles. The molecule has 0 radical (unpaired) electrons. The van der Waals surface area contributed by atoms with Crippen LogP contribution >= 0.6 is 0 Å². The van der Waals surface area contributed by atoms with Gasteiger partial charge in [-0.3, -0.25) is 0 Å². The summed E-state index contributed by atoms with van der Waals surface area (Å²) < 4.78 is 0. The second-order valence-electron chi connectivity index (χ2n) is 5.76. The maximum Gasteiger partial charge on any atom is 0.121 e. The minimum atomic E-state index is 0.401. The van der Waals surface area contributed by atoms with Gasteiger partial charge in [0.05, 0.1) is 0 Å². The molecule has 1 heterocycles. The molecule has 2 aromatic rings. The van der Waals surface area contributed by atoms with E-state index in [1.165, 1.54) is 22.4 Å². The highest BCUT2D eigenvalue weighted by Gasteiger charge is 2.41. The number of rotatable bonds is 0. The Morgan fingerprint density at radius 1 is 1.21 bits per heavy atom. The summed E-state index contributed by atoms with van der Waals surface area (Å²) in [6, 6.07) is 11.1. The predicted octanol–water partition coefficient (Wildman–Crippen LogP) is 3.49. The normalized spacial score (nSPS) is 22.6. The number of aryl methyl sites for hydroxylation is 1. The molecule has 96 valence electrons. The lowest BCUT2D eigenvalue weighted by atomic mass is 9.89. The fraction of sp³-hybridized carbons (Fsp3) is 0.294. The van der Waals surface area contributed by atoms with Crippen LogP contribution < -0.4 is 5.32 Å². The monoisotopic (exact) mass is 251 g/mol. The van der Waals surface area contributed by atoms with Crippen molar-refractivity contribution in [2.24, 2.45) is 0 Å². The molecule has 4 rings (SSSR count). The van der Waals surface area contributed by atoms with Crippen molar-refractivity contribution in [3.63, 3.8) is 0 Å². The van der Waals surface area contributed by atoms with Crippen LogP contribution in [0.3, 0.4) is 0 Å². The van der Waals surface area contributed by atoms with Gasteiger partial charge in [-0.15, -0.1) is 0 Å². The molecule has 1 aliphatic heterocycles. The molecule has 0 unspecified atom stereocenters. The number of anilines is 1. The van der Waals surface area contributed by atoms with Crippen LogP contribution in [0.2, 0.25) is 0 Å². The van der Waals surface area contributed by atoms with Gasteiger partial charge >= 0.3 is 0 Å². The molecule has 2 nitrogen and oxygen atoms in total. The zero-order chi connectivity index (χ0) is 13.1. The molecule has 0 fully saturated rings. The number of hydrogen-bond donors (Lipinski definition) is 2. The summed E-state index contributed by atoms with van der Waals surface area (Å²) in [6.45, 7) is 4.03. The van der Waals surface area contributed by atoms with E-state index >= 15 is 0 Å². The molecule has 0 spiro atoms. The van der Waals surface area contributed by atoms with Gasteiger partial charge in [0.2, 0.25) is 0 Å². The topological polar surface area (TPSA) is 32.3 Å². The van der Waals surface area contributed by atoms with Crippen molar-refractivity contribution in [2.75, 3.05) is 5.32 Å². The van der Waals surface area contributed by atoms with Crippen LogP contribution in [0, 0.1) is 13.8 Å². The largest absolute Gasteiger partial charge is 0.507 e. The molecule has 1 aliphatic carbocycles. The molecule has 2 N–H and O–H groups in total. The minimum absolute atomic E-state index is 0.401. The van der Waals surface area contributed by atoms with E-state index in [1.54, 1.807) is 0 Å². The van der Waals surface area contributed by atoms with E-state index in [0.29, 0.717) is 17.7 Å². The van der Waals surface area contributed by atoms with Crippen LogP contribution in [-0.4, -0.2) is 11.1 Å². The Morgan fingerprint density at radius 3 is 2.84 bits per heavy atom. The smallest absolute Gasteiger partial charge is 0.121 e. The van der Waals surface area contributed by atoms with Crippen molar-refractivity contribution in [3.05, 3.63) is 58.1 Å². The lowest BCUT2D eigenvalue weighted by molar-refractivity contribution is 0.465. The molecule has 2 aliphatic rings. The number of phenolic OH excluding ortho intramolecular Hbond substituents is 1. The summed E-state index contributed by atoms with van der Waals surface area (Å²) in [7, 11) is 0. The summed E-state index contributed by atoms with van der Waals surface area (Å²) in [4.78, 5) is 0. The number of para-hydroxylation sites is 1. The number of phenols is 1. The molecule has 0 saturated carbocycles. The Bertz CT molecular complexity index is 690. The molecule has 0 amide bonds. The number of aromatic hydroxyl groups is 1. The van der Waals surface area contributed by atoms with Crippen LogP contribution in [0.1, 0.15) is 33.7 Å². The summed E-state index contributed by atoms with van der Waals surface area (Å²) in [5.74, 6) is 0.862. The van der Waals surface area contributed by atoms with Crippen LogP contribution in [0.5, 0.6) is 5.75 Å². The van der Waals surface area contributed by atoms with Crippen molar-refractivity contribution >= 4 is 5.69 Å². The van der Waals surface area contributed by atoms with Crippen LogP contribution in [0.4, 0.5) is 5.69 Å². The van der Waals surface area contributed by atoms with E-state index in [2.05, 4.69) is 35.6 Å². The first-order valence-electron chi connectivity index (χ1n) is 6.84. The van der Waals surface area contributed by atoms with Gasteiger partial charge in [0.15, 0.2) is 0 Å². The Morgan fingerprint density at radius 2 is 2.00 bits per heavy atom. The van der Waals surface area contributed by atoms with Gasteiger partial charge in [-0.05, 0) is 54.2 Å². The predicted molar refractivity (Wildman–Crippen MR) is 77.0 cm³/mol. The Kier molecular flexibility index (Phi) is 2.03. The molecule has 0 saturated heterocycles. The van der Waals surface area contributed by atoms with Gasteiger partial charge in [0.1, 0.15) is 5.75 Å². The van der Waals surface area contributed by atoms with Crippen molar-refractivity contribution in [3.8, 4) is 5.75 Å². The number of benzene rings is 2. The molecule has 2 heteroatoms. The fourth-order valence-electron chi connectivity index (χ4n) is 3.84. The Balaban J connectivity index is 1.96. The molecule has 0 bridgehead atoms. The molecular formula is C17H17NO. The third-order valence-corrected chi connectivity index (χ3v) is 4.66. The quantitative estimate of drug-likeness (QED) is 0.751. The molecular weight excluding hydrogens is 234 g/mol. The molecule has 19 heavy (non-hydrogen) atoms. The Labute approximate surface area is 113 Å². The van der Waals surface area contributed by atoms with Crippen molar-refractivity contribution < 1.29 is 5.11 Å². The fourth-order valence-corrected chi connectivity index (χ4v) is 3.84. The molecule has 0 aromatic heterocycles. The van der Waals surface area contributed by atoms with Crippen LogP contribution in [0.25, 0.3) is 0 Å². The second kappa shape index (κ2) is 3.53. The van der Waals surface area contributed by atoms with Gasteiger partial charge < -0.3 is 10.4 Å². The highest BCUT2D eigenvalue weighted by molar-refractivity contribution is 5.68. The van der Waals surface area contributed by atoms with E-state index in [4.69, 9.17) is 0 Å². The lowest BCUT2D eigenvalue weighted by Gasteiger charge is -2.15. The summed E-state index contributed by atoms with van der Waals surface area (Å²) in [5.41, 5.74) is 7.40. The summed E-state index contributed by atoms with van der Waals surface area (Å²) in [5, 5.41) is 13.8. The van der Waals surface area contributed by atoms with E-state index < -0.39 is 0 Å². The van der Waals surface area contributed by atoms with Gasteiger partial charge in [-0.25, -0.2) is 0 Å². The van der Waals surface area contributed by atoms with Gasteiger partial charge in [0, 0.05) is 17.6 Å². The summed E-state index contributed by atoms with van der Waals surface area (Å²) >= 11 is 0. The van der Waals surface area contributed by atoms with Crippen molar-refractivity contribution in [2.45, 2.75) is 32.2 Å². The first-order chi connectivity index (χ1) is 9.16. The third kappa shape index (κ3) is 1.31. The van der Waals surface area contributed by atoms with E-state index in [1.807, 2.05) is 13.8 Å². The van der Waals surface area contributed by atoms with Gasteiger partial charge in [-0.2, -0.15) is 0 Å². The standard InChI is InChI=1S/C17H17NO/c1-9-7-11-8-14-16(15(11)10(2)17(9)19)12-5-3-4-6-13(12)18-14/h3-7,14,16,18-19H,8H2,1-2H3/t14-,16-/m0/s1. The first-order valence-corrected chi connectivity index (χ1v) is 6.84. The van der Waals surface area contributed by atoms with Gasteiger partial charge in [-0.1, -0.05) is 24.3 Å². The zero-order valence-corrected chi connectivity index (χ0v) is 11.2. The van der Waals surface area contributed by atoms with Crippen molar-refractivity contribution in [1.82, 2.24) is 0 Å². The number of fused-ring (bicyclic) bond motifs is 5. The average Bonchev–Trinajstić information content (AvgIpc) is 2.91. The second-order valence-corrected chi connectivity index (χ2v) is 5.76. The first kappa shape index (κ1) is 10.9. The number of nitrogens with one attached hydrogen (secondary N) is 1. The lowest BCUT2D eigenvalue weighted by Crippen LogP contribution is -2.17. The Hall–Kier alpha value is -1.96. The zero-order valence-electron chi connectivity index (χ0n) is 11.2. The molecule has 2 atom stereocenters. The third-order valence-electron chi connectivity index (χ3n) is 4.66. The highest BCUT2D eigenvalue weighted by atomic mass is 16.3.